The van der Waals surface area contributed by atoms with Gasteiger partial charge in [0, 0.05) is 12.6 Å². The van der Waals surface area contributed by atoms with Gasteiger partial charge in [0.2, 0.25) is 12.7 Å². The third-order valence-electron chi connectivity index (χ3n) is 5.35. The molecule has 5 rings (SSSR count). The van der Waals surface area contributed by atoms with Crippen LogP contribution in [-0.4, -0.2) is 37.4 Å². The Labute approximate surface area is 173 Å². The molecular weight excluding hydrogens is 394 g/mol. The molecule has 0 N–H and O–H groups in total. The van der Waals surface area contributed by atoms with Crippen LogP contribution in [0.4, 0.5) is 0 Å². The van der Waals surface area contributed by atoms with Crippen molar-refractivity contribution in [2.75, 3.05) is 26.6 Å². The molecule has 2 aromatic carbocycles. The number of carbonyl (C=O) groups is 1. The Bertz CT molecular complexity index is 989. The third kappa shape index (κ3) is 3.49. The minimum Gasteiger partial charge on any atom is -0.486 e. The number of hydrogen-bond donors (Lipinski definition) is 0. The van der Waals surface area contributed by atoms with E-state index < -0.39 is 0 Å². The predicted octanol–water partition coefficient (Wildman–Crippen LogP) is 4.22. The predicted molar refractivity (Wildman–Crippen MR) is 108 cm³/mol. The highest BCUT2D eigenvalue weighted by molar-refractivity contribution is 6.32. The van der Waals surface area contributed by atoms with E-state index in [4.69, 9.17) is 30.5 Å². The lowest BCUT2D eigenvalue weighted by Gasteiger charge is -2.26. The molecule has 7 heteroatoms. The van der Waals surface area contributed by atoms with Gasteiger partial charge in [0.1, 0.15) is 13.2 Å². The lowest BCUT2D eigenvalue weighted by molar-refractivity contribution is -0.126. The number of hydrogen-bond acceptors (Lipinski definition) is 5. The van der Waals surface area contributed by atoms with Gasteiger partial charge in [-0.3, -0.25) is 4.79 Å². The second kappa shape index (κ2) is 7.52. The summed E-state index contributed by atoms with van der Waals surface area (Å²) in [6.45, 7) is 2.00. The molecule has 1 fully saturated rings. The second-order valence-corrected chi connectivity index (χ2v) is 7.57. The summed E-state index contributed by atoms with van der Waals surface area (Å²) < 4.78 is 22.0. The van der Waals surface area contributed by atoms with Gasteiger partial charge < -0.3 is 23.8 Å². The molecule has 0 bridgehead atoms. The lowest BCUT2D eigenvalue weighted by atomic mass is 10.0. The van der Waals surface area contributed by atoms with Gasteiger partial charge in [0.15, 0.2) is 23.0 Å². The van der Waals surface area contributed by atoms with Crippen LogP contribution >= 0.6 is 11.6 Å². The van der Waals surface area contributed by atoms with Crippen molar-refractivity contribution in [3.05, 3.63) is 52.6 Å². The van der Waals surface area contributed by atoms with Gasteiger partial charge in [-0.05, 0) is 54.3 Å². The molecule has 1 unspecified atom stereocenters. The molecule has 3 aliphatic heterocycles. The van der Waals surface area contributed by atoms with Crippen LogP contribution in [0.25, 0.3) is 6.08 Å². The maximum absolute atomic E-state index is 12.9. The summed E-state index contributed by atoms with van der Waals surface area (Å²) in [4.78, 5) is 14.8. The van der Waals surface area contributed by atoms with E-state index in [-0.39, 0.29) is 18.7 Å². The molecule has 0 saturated carbocycles. The normalized spacial score (nSPS) is 19.8. The SMILES string of the molecule is O=C(C=Cc1cc(Cl)c2c(c1)OCO2)N1CCCC1c1ccc2c(c1)OCCO2. The zero-order valence-electron chi connectivity index (χ0n) is 15.7. The number of halogens is 1. The number of carbonyl (C=O) groups excluding carboxylic acids is 1. The maximum Gasteiger partial charge on any atom is 0.247 e. The van der Waals surface area contributed by atoms with Crippen molar-refractivity contribution in [2.24, 2.45) is 0 Å². The highest BCUT2D eigenvalue weighted by Gasteiger charge is 2.30. The number of likely N-dealkylation sites (tertiary alicyclic amines) is 1. The Morgan fingerprint density at radius 3 is 2.79 bits per heavy atom. The molecule has 29 heavy (non-hydrogen) atoms. The fourth-order valence-corrected chi connectivity index (χ4v) is 4.26. The first-order chi connectivity index (χ1) is 14.2. The topological polar surface area (TPSA) is 57.2 Å². The van der Waals surface area contributed by atoms with E-state index >= 15 is 0 Å². The Balaban J connectivity index is 1.34. The van der Waals surface area contributed by atoms with E-state index in [1.165, 1.54) is 0 Å². The van der Waals surface area contributed by atoms with Gasteiger partial charge in [-0.25, -0.2) is 0 Å². The highest BCUT2D eigenvalue weighted by Crippen LogP contribution is 2.40. The van der Waals surface area contributed by atoms with Crippen molar-refractivity contribution >= 4 is 23.6 Å². The van der Waals surface area contributed by atoms with Gasteiger partial charge in [-0.2, -0.15) is 0 Å². The number of amides is 1. The monoisotopic (exact) mass is 413 g/mol. The summed E-state index contributed by atoms with van der Waals surface area (Å²) in [5.74, 6) is 2.62. The van der Waals surface area contributed by atoms with Crippen LogP contribution in [0.2, 0.25) is 5.02 Å². The van der Waals surface area contributed by atoms with E-state index in [9.17, 15) is 4.79 Å². The van der Waals surface area contributed by atoms with Crippen molar-refractivity contribution in [1.82, 2.24) is 4.90 Å². The van der Waals surface area contributed by atoms with Gasteiger partial charge in [-0.1, -0.05) is 17.7 Å². The Hall–Kier alpha value is -2.86. The molecule has 0 aliphatic carbocycles. The summed E-state index contributed by atoms with van der Waals surface area (Å²) in [5.41, 5.74) is 1.86. The minimum absolute atomic E-state index is 0.0309. The molecule has 0 spiro atoms. The molecular formula is C22H20ClNO5. The third-order valence-corrected chi connectivity index (χ3v) is 5.64. The van der Waals surface area contributed by atoms with Crippen molar-refractivity contribution < 1.29 is 23.7 Å². The average Bonchev–Trinajstić information content (AvgIpc) is 3.41. The standard InChI is InChI=1S/C22H20ClNO5/c23-16-10-14(11-20-22(16)29-13-28-20)3-6-21(25)24-7-1-2-17(24)15-4-5-18-19(12-15)27-9-8-26-18/h3-6,10-12,17H,1-2,7-9,13H2. The molecule has 0 aromatic heterocycles. The molecule has 2 aromatic rings. The largest absolute Gasteiger partial charge is 0.486 e. The fraction of sp³-hybridized carbons (Fsp3) is 0.318. The van der Waals surface area contributed by atoms with Crippen LogP contribution in [0.15, 0.2) is 36.4 Å². The molecule has 1 amide bonds. The average molecular weight is 414 g/mol. The van der Waals surface area contributed by atoms with Crippen molar-refractivity contribution in [2.45, 2.75) is 18.9 Å². The maximum atomic E-state index is 12.9. The van der Waals surface area contributed by atoms with Crippen molar-refractivity contribution in [1.29, 1.82) is 0 Å². The van der Waals surface area contributed by atoms with Crippen LogP contribution in [-0.2, 0) is 4.79 Å². The molecule has 3 aliphatic rings. The minimum atomic E-state index is -0.0313. The van der Waals surface area contributed by atoms with E-state index in [2.05, 4.69) is 0 Å². The van der Waals surface area contributed by atoms with E-state index in [0.29, 0.717) is 29.7 Å². The van der Waals surface area contributed by atoms with Crippen LogP contribution in [0.3, 0.4) is 0 Å². The Kier molecular flexibility index (Phi) is 4.72. The summed E-state index contributed by atoms with van der Waals surface area (Å²) in [6, 6.07) is 9.55. The van der Waals surface area contributed by atoms with Gasteiger partial charge in [-0.15, -0.1) is 0 Å². The number of ether oxygens (including phenoxy) is 4. The highest BCUT2D eigenvalue weighted by atomic mass is 35.5. The first-order valence-electron chi connectivity index (χ1n) is 9.66. The van der Waals surface area contributed by atoms with Crippen LogP contribution in [0.1, 0.15) is 30.0 Å². The zero-order chi connectivity index (χ0) is 19.8. The van der Waals surface area contributed by atoms with Crippen molar-refractivity contribution in [3.63, 3.8) is 0 Å². The number of benzene rings is 2. The van der Waals surface area contributed by atoms with Gasteiger partial charge >= 0.3 is 0 Å². The fourth-order valence-electron chi connectivity index (χ4n) is 3.99. The van der Waals surface area contributed by atoms with Crippen LogP contribution in [0.5, 0.6) is 23.0 Å². The zero-order valence-corrected chi connectivity index (χ0v) is 16.5. The molecule has 3 heterocycles. The number of rotatable bonds is 3. The number of nitrogens with zero attached hydrogens (tertiary/aromatic N) is 1. The van der Waals surface area contributed by atoms with Crippen LogP contribution in [0, 0.1) is 0 Å². The molecule has 1 saturated heterocycles. The molecule has 0 radical (unpaired) electrons. The van der Waals surface area contributed by atoms with Gasteiger partial charge in [0.25, 0.3) is 0 Å². The van der Waals surface area contributed by atoms with Gasteiger partial charge in [0.05, 0.1) is 11.1 Å². The summed E-state index contributed by atoms with van der Waals surface area (Å²) in [5, 5.41) is 0.474. The Morgan fingerprint density at radius 1 is 1.03 bits per heavy atom. The van der Waals surface area contributed by atoms with Crippen molar-refractivity contribution in [3.8, 4) is 23.0 Å². The van der Waals surface area contributed by atoms with E-state index in [0.717, 1.165) is 42.0 Å². The second-order valence-electron chi connectivity index (χ2n) is 7.16. The number of fused-ring (bicyclic) bond motifs is 2. The first-order valence-corrected chi connectivity index (χ1v) is 10.0. The Morgan fingerprint density at radius 2 is 1.90 bits per heavy atom. The lowest BCUT2D eigenvalue weighted by Crippen LogP contribution is -2.29. The summed E-state index contributed by atoms with van der Waals surface area (Å²) >= 11 is 6.22. The summed E-state index contributed by atoms with van der Waals surface area (Å²) in [6.07, 6.45) is 5.24. The van der Waals surface area contributed by atoms with E-state index in [1.54, 1.807) is 18.2 Å². The quantitative estimate of drug-likeness (QED) is 0.705. The van der Waals surface area contributed by atoms with E-state index in [1.807, 2.05) is 29.2 Å². The summed E-state index contributed by atoms with van der Waals surface area (Å²) in [7, 11) is 0. The first kappa shape index (κ1) is 18.2. The molecule has 150 valence electrons. The molecule has 6 nitrogen and oxygen atoms in total. The van der Waals surface area contributed by atoms with Crippen LogP contribution < -0.4 is 18.9 Å². The molecule has 1 atom stereocenters. The smallest absolute Gasteiger partial charge is 0.247 e.